The minimum Gasteiger partial charge on any atom is -0.356 e. The molecule has 2 rings (SSSR count). The van der Waals surface area contributed by atoms with Gasteiger partial charge in [0.2, 0.25) is 0 Å². The third-order valence-electron chi connectivity index (χ3n) is 3.22. The van der Waals surface area contributed by atoms with Crippen LogP contribution in [0.25, 0.3) is 0 Å². The van der Waals surface area contributed by atoms with Gasteiger partial charge in [-0.25, -0.2) is 0 Å². The molecular weight excluding hydrogens is 252 g/mol. The van der Waals surface area contributed by atoms with Crippen molar-refractivity contribution in [3.05, 3.63) is 59.4 Å². The zero-order valence-electron chi connectivity index (χ0n) is 11.6. The molecule has 1 atom stereocenters. The highest BCUT2D eigenvalue weighted by Gasteiger charge is 2.15. The minimum atomic E-state index is -0.188. The quantitative estimate of drug-likeness (QED) is 0.821. The first-order valence-electron chi connectivity index (χ1n) is 6.71. The molecular formula is C16H18N2O2. The maximum Gasteiger partial charge on any atom is 0.267 e. The molecule has 1 aromatic carbocycles. The fourth-order valence-electron chi connectivity index (χ4n) is 1.82. The van der Waals surface area contributed by atoms with Crippen LogP contribution in [-0.4, -0.2) is 22.7 Å². The maximum absolute atomic E-state index is 12.2. The van der Waals surface area contributed by atoms with Crippen molar-refractivity contribution in [3.63, 3.8) is 0 Å². The number of hydrogen-bond donors (Lipinski definition) is 2. The van der Waals surface area contributed by atoms with Crippen molar-refractivity contribution in [2.45, 2.75) is 26.3 Å². The molecule has 0 saturated carbocycles. The van der Waals surface area contributed by atoms with Crippen molar-refractivity contribution >= 4 is 11.7 Å². The van der Waals surface area contributed by atoms with E-state index in [1.54, 1.807) is 24.4 Å². The van der Waals surface area contributed by atoms with E-state index in [0.717, 1.165) is 6.42 Å². The number of hydrogen-bond acceptors (Lipinski definition) is 2. The smallest absolute Gasteiger partial charge is 0.267 e. The topological polar surface area (TPSA) is 62.0 Å². The summed E-state index contributed by atoms with van der Waals surface area (Å²) in [6.45, 7) is 3.95. The van der Waals surface area contributed by atoms with Gasteiger partial charge in [0.25, 0.3) is 5.91 Å². The van der Waals surface area contributed by atoms with Crippen LogP contribution in [0.5, 0.6) is 0 Å². The lowest BCUT2D eigenvalue weighted by Crippen LogP contribution is -2.32. The van der Waals surface area contributed by atoms with Gasteiger partial charge in [-0.2, -0.15) is 0 Å². The number of aromatic amines is 1. The Bertz CT molecular complexity index is 602. The highest BCUT2D eigenvalue weighted by molar-refractivity contribution is 6.10. The summed E-state index contributed by atoms with van der Waals surface area (Å²) in [7, 11) is 0. The van der Waals surface area contributed by atoms with E-state index in [2.05, 4.69) is 10.3 Å². The minimum absolute atomic E-state index is 0.0931. The van der Waals surface area contributed by atoms with E-state index in [0.29, 0.717) is 16.8 Å². The monoisotopic (exact) mass is 270 g/mol. The van der Waals surface area contributed by atoms with Crippen LogP contribution in [0.2, 0.25) is 0 Å². The van der Waals surface area contributed by atoms with Gasteiger partial charge < -0.3 is 10.3 Å². The Labute approximate surface area is 118 Å². The van der Waals surface area contributed by atoms with E-state index in [1.165, 1.54) is 0 Å². The third kappa shape index (κ3) is 3.15. The largest absolute Gasteiger partial charge is 0.356 e. The molecule has 2 aromatic rings. The van der Waals surface area contributed by atoms with Crippen molar-refractivity contribution in [2.24, 2.45) is 0 Å². The summed E-state index contributed by atoms with van der Waals surface area (Å²) in [5.41, 5.74) is 1.51. The Morgan fingerprint density at radius 1 is 1.20 bits per heavy atom. The first-order valence-corrected chi connectivity index (χ1v) is 6.71. The predicted octanol–water partition coefficient (Wildman–Crippen LogP) is 2.77. The van der Waals surface area contributed by atoms with E-state index < -0.39 is 0 Å². The molecule has 0 fully saturated rings. The molecule has 1 amide bonds. The van der Waals surface area contributed by atoms with Gasteiger partial charge >= 0.3 is 0 Å². The normalized spacial score (nSPS) is 11.9. The van der Waals surface area contributed by atoms with Crippen molar-refractivity contribution < 1.29 is 9.59 Å². The van der Waals surface area contributed by atoms with Crippen molar-refractivity contribution in [2.75, 3.05) is 0 Å². The summed E-state index contributed by atoms with van der Waals surface area (Å²) in [4.78, 5) is 27.0. The van der Waals surface area contributed by atoms with Crippen LogP contribution in [0.1, 0.15) is 46.7 Å². The summed E-state index contributed by atoms with van der Waals surface area (Å²) in [6.07, 6.45) is 2.43. The Morgan fingerprint density at radius 2 is 1.90 bits per heavy atom. The summed E-state index contributed by atoms with van der Waals surface area (Å²) in [6, 6.07) is 10.7. The molecule has 4 nitrogen and oxygen atoms in total. The van der Waals surface area contributed by atoms with Gasteiger partial charge in [0, 0.05) is 23.4 Å². The molecule has 1 unspecified atom stereocenters. The van der Waals surface area contributed by atoms with Gasteiger partial charge in [0.15, 0.2) is 5.78 Å². The molecule has 0 spiro atoms. The number of benzene rings is 1. The highest BCUT2D eigenvalue weighted by Crippen LogP contribution is 2.11. The lowest BCUT2D eigenvalue weighted by atomic mass is 10.1. The number of nitrogens with one attached hydrogen (secondary N) is 2. The van der Waals surface area contributed by atoms with Crippen molar-refractivity contribution in [3.8, 4) is 0 Å². The molecule has 4 heteroatoms. The second-order valence-corrected chi connectivity index (χ2v) is 4.78. The first-order chi connectivity index (χ1) is 9.61. The predicted molar refractivity (Wildman–Crippen MR) is 77.9 cm³/mol. The van der Waals surface area contributed by atoms with E-state index in [9.17, 15) is 9.59 Å². The van der Waals surface area contributed by atoms with Crippen LogP contribution >= 0.6 is 0 Å². The summed E-state index contributed by atoms with van der Waals surface area (Å²) >= 11 is 0. The molecule has 0 bridgehead atoms. The highest BCUT2D eigenvalue weighted by atomic mass is 16.2. The van der Waals surface area contributed by atoms with Crippen molar-refractivity contribution in [1.29, 1.82) is 0 Å². The van der Waals surface area contributed by atoms with Crippen LogP contribution in [0, 0.1) is 0 Å². The summed E-state index contributed by atoms with van der Waals surface area (Å²) < 4.78 is 0. The molecule has 104 valence electrons. The number of carbonyl (C=O) groups is 2. The Balaban J connectivity index is 2.13. The van der Waals surface area contributed by atoms with Gasteiger partial charge in [-0.15, -0.1) is 0 Å². The van der Waals surface area contributed by atoms with E-state index in [-0.39, 0.29) is 17.7 Å². The number of ketones is 1. The van der Waals surface area contributed by atoms with E-state index in [4.69, 9.17) is 0 Å². The number of aromatic nitrogens is 1. The zero-order valence-corrected chi connectivity index (χ0v) is 11.6. The lowest BCUT2D eigenvalue weighted by Gasteiger charge is -2.09. The van der Waals surface area contributed by atoms with Crippen LogP contribution in [-0.2, 0) is 0 Å². The molecule has 0 aliphatic carbocycles. The van der Waals surface area contributed by atoms with Crippen LogP contribution in [0.3, 0.4) is 0 Å². The average molecular weight is 270 g/mol. The molecule has 2 N–H and O–H groups in total. The Kier molecular flexibility index (Phi) is 4.35. The van der Waals surface area contributed by atoms with Crippen LogP contribution in [0.4, 0.5) is 0 Å². The molecule has 20 heavy (non-hydrogen) atoms. The van der Waals surface area contributed by atoms with Crippen LogP contribution < -0.4 is 5.32 Å². The van der Waals surface area contributed by atoms with E-state index in [1.807, 2.05) is 32.0 Å². The number of rotatable bonds is 5. The van der Waals surface area contributed by atoms with Gasteiger partial charge in [0.1, 0.15) is 5.69 Å². The summed E-state index contributed by atoms with van der Waals surface area (Å²) in [5.74, 6) is -0.282. The molecule has 1 aromatic heterocycles. The fourth-order valence-corrected chi connectivity index (χ4v) is 1.82. The second kappa shape index (κ2) is 6.19. The molecule has 0 saturated heterocycles. The lowest BCUT2D eigenvalue weighted by molar-refractivity contribution is 0.0934. The number of carbonyl (C=O) groups excluding carboxylic acids is 2. The Morgan fingerprint density at radius 3 is 2.55 bits per heavy atom. The number of H-pyrrole nitrogens is 1. The molecule has 0 aliphatic heterocycles. The van der Waals surface area contributed by atoms with Crippen molar-refractivity contribution in [1.82, 2.24) is 10.3 Å². The van der Waals surface area contributed by atoms with E-state index >= 15 is 0 Å². The summed E-state index contributed by atoms with van der Waals surface area (Å²) in [5, 5.41) is 2.86. The molecule has 0 aliphatic rings. The van der Waals surface area contributed by atoms with Gasteiger partial charge in [-0.1, -0.05) is 37.3 Å². The molecule has 0 radical (unpaired) electrons. The standard InChI is InChI=1S/C16H18N2O2/c1-3-11(2)18-16(20)14-9-13(10-17-14)15(19)12-7-5-4-6-8-12/h4-11,17H,3H2,1-2H3,(H,18,20). The van der Waals surface area contributed by atoms with Gasteiger partial charge in [-0.3, -0.25) is 9.59 Å². The second-order valence-electron chi connectivity index (χ2n) is 4.78. The van der Waals surface area contributed by atoms with Gasteiger partial charge in [-0.05, 0) is 19.4 Å². The van der Waals surface area contributed by atoms with Gasteiger partial charge in [0.05, 0.1) is 0 Å². The Hall–Kier alpha value is -2.36. The number of amides is 1. The average Bonchev–Trinajstić information content (AvgIpc) is 2.97. The first kappa shape index (κ1) is 14.1. The SMILES string of the molecule is CCC(C)NC(=O)c1cc(C(=O)c2ccccc2)c[nH]1. The zero-order chi connectivity index (χ0) is 14.5. The fraction of sp³-hybridized carbons (Fsp3) is 0.250. The third-order valence-corrected chi connectivity index (χ3v) is 3.22. The maximum atomic E-state index is 12.2. The molecule has 1 heterocycles. The van der Waals surface area contributed by atoms with Crippen LogP contribution in [0.15, 0.2) is 42.6 Å².